The molecule has 0 aliphatic heterocycles. The molecule has 112 valence electrons. The van der Waals surface area contributed by atoms with Crippen molar-refractivity contribution in [2.75, 3.05) is 14.2 Å². The van der Waals surface area contributed by atoms with Crippen molar-refractivity contribution in [1.29, 1.82) is 0 Å². The third-order valence-electron chi connectivity index (χ3n) is 3.28. The molecule has 5 heteroatoms. The van der Waals surface area contributed by atoms with Crippen LogP contribution in [0.15, 0.2) is 16.6 Å². The highest BCUT2D eigenvalue weighted by molar-refractivity contribution is 9.10. The Bertz CT molecular complexity index is 463. The van der Waals surface area contributed by atoms with Crippen molar-refractivity contribution in [3.8, 4) is 5.75 Å². The van der Waals surface area contributed by atoms with Gasteiger partial charge >= 0.3 is 5.97 Å². The largest absolute Gasteiger partial charge is 0.496 e. The lowest BCUT2D eigenvalue weighted by atomic mass is 9.99. The van der Waals surface area contributed by atoms with Crippen molar-refractivity contribution >= 4 is 21.9 Å². The number of rotatable bonds is 7. The summed E-state index contributed by atoms with van der Waals surface area (Å²) in [5.74, 6) is 0.639. The van der Waals surface area contributed by atoms with E-state index in [1.165, 1.54) is 7.11 Å². The molecule has 0 aromatic heterocycles. The topological polar surface area (TPSA) is 61.5 Å². The van der Waals surface area contributed by atoms with E-state index < -0.39 is 0 Å². The summed E-state index contributed by atoms with van der Waals surface area (Å²) < 4.78 is 11.0. The molecule has 1 atom stereocenters. The molecule has 0 spiro atoms. The molecule has 0 heterocycles. The standard InChI is InChI=1S/C15H22BrNO3/c1-10-8-14(19-2)11(9-12(10)16)13(17)6-4-5-7-15(18)20-3/h8-9,13H,4-7,17H2,1-3H3. The first kappa shape index (κ1) is 17.0. The summed E-state index contributed by atoms with van der Waals surface area (Å²) in [4.78, 5) is 11.0. The third kappa shape index (κ3) is 4.80. The van der Waals surface area contributed by atoms with Gasteiger partial charge in [-0.05, 0) is 37.5 Å². The minimum atomic E-state index is -0.172. The van der Waals surface area contributed by atoms with Gasteiger partial charge in [0.1, 0.15) is 5.75 Å². The van der Waals surface area contributed by atoms with Crippen LogP contribution in [0.3, 0.4) is 0 Å². The number of unbranched alkanes of at least 4 members (excludes halogenated alkanes) is 1. The molecule has 1 aromatic carbocycles. The molecule has 0 amide bonds. The van der Waals surface area contributed by atoms with Crippen LogP contribution in [0.4, 0.5) is 0 Å². The van der Waals surface area contributed by atoms with Crippen molar-refractivity contribution in [3.63, 3.8) is 0 Å². The predicted molar refractivity (Wildman–Crippen MR) is 82.8 cm³/mol. The van der Waals surface area contributed by atoms with E-state index in [0.29, 0.717) is 6.42 Å². The summed E-state index contributed by atoms with van der Waals surface area (Å²) in [5, 5.41) is 0. The van der Waals surface area contributed by atoms with E-state index in [-0.39, 0.29) is 12.0 Å². The number of benzene rings is 1. The first-order valence-electron chi connectivity index (χ1n) is 6.66. The molecular formula is C15H22BrNO3. The Morgan fingerprint density at radius 3 is 2.65 bits per heavy atom. The van der Waals surface area contributed by atoms with Crippen LogP contribution < -0.4 is 10.5 Å². The summed E-state index contributed by atoms with van der Waals surface area (Å²) in [7, 11) is 3.05. The Kier molecular flexibility index (Phi) is 7.02. The highest BCUT2D eigenvalue weighted by atomic mass is 79.9. The molecule has 1 rings (SSSR count). The average molecular weight is 344 g/mol. The molecule has 0 bridgehead atoms. The summed E-state index contributed by atoms with van der Waals surface area (Å²) in [6.45, 7) is 2.01. The van der Waals surface area contributed by atoms with Crippen LogP contribution in [-0.2, 0) is 9.53 Å². The van der Waals surface area contributed by atoms with Gasteiger partial charge in [-0.3, -0.25) is 4.79 Å². The summed E-state index contributed by atoms with van der Waals surface area (Å²) in [5.41, 5.74) is 8.33. The number of aryl methyl sites for hydroxylation is 1. The van der Waals surface area contributed by atoms with Gasteiger partial charge in [0.2, 0.25) is 0 Å². The molecule has 1 unspecified atom stereocenters. The molecular weight excluding hydrogens is 322 g/mol. The molecule has 0 aliphatic rings. The van der Waals surface area contributed by atoms with Gasteiger partial charge in [-0.15, -0.1) is 0 Å². The zero-order valence-corrected chi connectivity index (χ0v) is 13.8. The maximum Gasteiger partial charge on any atom is 0.305 e. The zero-order valence-electron chi connectivity index (χ0n) is 12.2. The van der Waals surface area contributed by atoms with Gasteiger partial charge in [0.15, 0.2) is 0 Å². The molecule has 4 nitrogen and oxygen atoms in total. The minimum absolute atomic E-state index is 0.0977. The van der Waals surface area contributed by atoms with E-state index in [1.54, 1.807) is 7.11 Å². The number of hydrogen-bond acceptors (Lipinski definition) is 4. The second-order valence-corrected chi connectivity index (χ2v) is 5.63. The molecule has 0 saturated heterocycles. The van der Waals surface area contributed by atoms with Crippen molar-refractivity contribution in [1.82, 2.24) is 0 Å². The molecule has 20 heavy (non-hydrogen) atoms. The Morgan fingerprint density at radius 1 is 1.35 bits per heavy atom. The summed E-state index contributed by atoms with van der Waals surface area (Å²) in [6.07, 6.45) is 2.92. The van der Waals surface area contributed by atoms with Crippen LogP contribution in [-0.4, -0.2) is 20.2 Å². The third-order valence-corrected chi connectivity index (χ3v) is 4.14. The van der Waals surface area contributed by atoms with Gasteiger partial charge in [0, 0.05) is 22.5 Å². The second kappa shape index (κ2) is 8.27. The monoisotopic (exact) mass is 343 g/mol. The number of methoxy groups -OCH3 is 2. The van der Waals surface area contributed by atoms with E-state index in [2.05, 4.69) is 20.7 Å². The highest BCUT2D eigenvalue weighted by Crippen LogP contribution is 2.32. The maximum absolute atomic E-state index is 11.0. The van der Waals surface area contributed by atoms with Crippen LogP contribution in [0.2, 0.25) is 0 Å². The fourth-order valence-electron chi connectivity index (χ4n) is 2.03. The van der Waals surface area contributed by atoms with E-state index in [1.807, 2.05) is 19.1 Å². The van der Waals surface area contributed by atoms with Gasteiger partial charge in [0.05, 0.1) is 14.2 Å². The Morgan fingerprint density at radius 2 is 2.05 bits per heavy atom. The maximum atomic E-state index is 11.0. The number of hydrogen-bond donors (Lipinski definition) is 1. The van der Waals surface area contributed by atoms with Crippen LogP contribution >= 0.6 is 15.9 Å². The first-order valence-corrected chi connectivity index (χ1v) is 7.45. The Balaban J connectivity index is 2.61. The van der Waals surface area contributed by atoms with Gasteiger partial charge in [-0.2, -0.15) is 0 Å². The molecule has 1 aromatic rings. The average Bonchev–Trinajstić information content (AvgIpc) is 2.45. The molecule has 0 fully saturated rings. The summed E-state index contributed by atoms with van der Waals surface area (Å²) >= 11 is 3.52. The number of carbonyl (C=O) groups excluding carboxylic acids is 1. The van der Waals surface area contributed by atoms with Crippen molar-refractivity contribution in [2.45, 2.75) is 38.6 Å². The lowest BCUT2D eigenvalue weighted by molar-refractivity contribution is -0.140. The molecule has 0 saturated carbocycles. The fraction of sp³-hybridized carbons (Fsp3) is 0.533. The Labute approximate surface area is 128 Å². The molecule has 0 aliphatic carbocycles. The van der Waals surface area contributed by atoms with Gasteiger partial charge in [-0.25, -0.2) is 0 Å². The van der Waals surface area contributed by atoms with E-state index in [9.17, 15) is 4.79 Å². The normalized spacial score (nSPS) is 12.1. The van der Waals surface area contributed by atoms with Gasteiger partial charge in [0.25, 0.3) is 0 Å². The lowest BCUT2D eigenvalue weighted by Gasteiger charge is -2.17. The van der Waals surface area contributed by atoms with Gasteiger partial charge < -0.3 is 15.2 Å². The van der Waals surface area contributed by atoms with Crippen LogP contribution in [0.1, 0.15) is 42.9 Å². The number of ether oxygens (including phenoxy) is 2. The quantitative estimate of drug-likeness (QED) is 0.607. The first-order chi connectivity index (χ1) is 9.49. The SMILES string of the molecule is COC(=O)CCCCC(N)c1cc(Br)c(C)cc1OC. The molecule has 2 N–H and O–H groups in total. The van der Waals surface area contributed by atoms with Crippen LogP contribution in [0.25, 0.3) is 0 Å². The highest BCUT2D eigenvalue weighted by Gasteiger charge is 2.14. The predicted octanol–water partition coefficient (Wildman–Crippen LogP) is 3.50. The smallest absolute Gasteiger partial charge is 0.305 e. The van der Waals surface area contributed by atoms with Crippen molar-refractivity contribution < 1.29 is 14.3 Å². The zero-order chi connectivity index (χ0) is 15.1. The second-order valence-electron chi connectivity index (χ2n) is 4.77. The molecule has 0 radical (unpaired) electrons. The lowest BCUT2D eigenvalue weighted by Crippen LogP contribution is -2.12. The van der Waals surface area contributed by atoms with Crippen LogP contribution in [0, 0.1) is 6.92 Å². The fourth-order valence-corrected chi connectivity index (χ4v) is 2.39. The van der Waals surface area contributed by atoms with E-state index >= 15 is 0 Å². The number of carbonyl (C=O) groups is 1. The van der Waals surface area contributed by atoms with Crippen molar-refractivity contribution in [3.05, 3.63) is 27.7 Å². The summed E-state index contributed by atoms with van der Waals surface area (Å²) in [6, 6.07) is 3.90. The van der Waals surface area contributed by atoms with E-state index in [0.717, 1.165) is 40.6 Å². The Hall–Kier alpha value is -1.07. The van der Waals surface area contributed by atoms with Crippen molar-refractivity contribution in [2.24, 2.45) is 5.73 Å². The van der Waals surface area contributed by atoms with E-state index in [4.69, 9.17) is 10.5 Å². The number of esters is 1. The number of nitrogens with two attached hydrogens (primary N) is 1. The minimum Gasteiger partial charge on any atom is -0.496 e. The number of halogens is 1. The van der Waals surface area contributed by atoms with Gasteiger partial charge in [-0.1, -0.05) is 22.4 Å². The van der Waals surface area contributed by atoms with Crippen LogP contribution in [0.5, 0.6) is 5.75 Å².